The Morgan fingerprint density at radius 2 is 1.14 bits per heavy atom. The maximum atomic E-state index is 4.99. The molecule has 1 unspecified atom stereocenters. The first-order valence-electron chi connectivity index (χ1n) is 19.1. The number of thiophene rings is 1. The number of fused-ring (bicyclic) bond motifs is 6. The molecule has 10 aromatic rings. The molecule has 0 saturated heterocycles. The number of aromatic nitrogens is 4. The number of hydrogen-bond acceptors (Lipinski definition) is 4. The van der Waals surface area contributed by atoms with Crippen molar-refractivity contribution in [1.82, 2.24) is 19.5 Å². The van der Waals surface area contributed by atoms with Crippen molar-refractivity contribution >= 4 is 81.5 Å². The summed E-state index contributed by atoms with van der Waals surface area (Å²) in [4.78, 5) is 14.9. The lowest BCUT2D eigenvalue weighted by Gasteiger charge is -2.27. The van der Waals surface area contributed by atoms with E-state index in [1.54, 1.807) is 0 Å². The first kappa shape index (κ1) is 34.1. The molecule has 3 heterocycles. The molecule has 0 amide bonds. The number of alkyl halides is 1. The molecule has 7 aromatic carbocycles. The smallest absolute Gasteiger partial charge is 0.164 e. The Morgan fingerprint density at radius 3 is 1.89 bits per heavy atom. The van der Waals surface area contributed by atoms with Crippen molar-refractivity contribution in [3.63, 3.8) is 0 Å². The highest BCUT2D eigenvalue weighted by atomic mass is 127. The maximum Gasteiger partial charge on any atom is 0.164 e. The summed E-state index contributed by atoms with van der Waals surface area (Å²) in [5.74, 6) is 2.02. The minimum Gasteiger partial charge on any atom is -0.309 e. The molecule has 0 N–H and O–H groups in total. The second-order valence-electron chi connectivity index (χ2n) is 14.5. The Morgan fingerprint density at radius 1 is 0.526 bits per heavy atom. The fourth-order valence-corrected chi connectivity index (χ4v) is 10.2. The van der Waals surface area contributed by atoms with Crippen LogP contribution in [0.4, 0.5) is 0 Å². The minimum absolute atomic E-state index is 0.245. The first-order chi connectivity index (χ1) is 28.1. The molecule has 3 aromatic heterocycles. The highest BCUT2D eigenvalue weighted by molar-refractivity contribution is 14.1. The third-order valence-electron chi connectivity index (χ3n) is 11.1. The van der Waals surface area contributed by atoms with Crippen LogP contribution in [0.25, 0.3) is 87.1 Å². The number of allylic oxidation sites excluding steroid dienone is 4. The van der Waals surface area contributed by atoms with Crippen LogP contribution in [0.15, 0.2) is 188 Å². The van der Waals surface area contributed by atoms with E-state index in [0.29, 0.717) is 17.5 Å². The Labute approximate surface area is 347 Å². The van der Waals surface area contributed by atoms with E-state index < -0.39 is 0 Å². The molecule has 0 radical (unpaired) electrons. The summed E-state index contributed by atoms with van der Waals surface area (Å²) >= 11 is 4.51. The zero-order valence-electron chi connectivity index (χ0n) is 30.7. The van der Waals surface area contributed by atoms with Crippen LogP contribution in [0.1, 0.15) is 17.8 Å². The van der Waals surface area contributed by atoms with Crippen LogP contribution in [0.3, 0.4) is 0 Å². The van der Waals surface area contributed by atoms with Crippen molar-refractivity contribution in [3.8, 4) is 39.6 Å². The Balaban J connectivity index is 0.994. The van der Waals surface area contributed by atoms with Gasteiger partial charge in [-0.25, -0.2) is 15.0 Å². The fourth-order valence-electron chi connectivity index (χ4n) is 8.28. The predicted octanol–water partition coefficient (Wildman–Crippen LogP) is 14.0. The Bertz CT molecular complexity index is 3180. The van der Waals surface area contributed by atoms with Crippen LogP contribution in [0, 0.1) is 0 Å². The lowest BCUT2D eigenvalue weighted by atomic mass is 9.89. The second-order valence-corrected chi connectivity index (χ2v) is 17.5. The summed E-state index contributed by atoms with van der Waals surface area (Å²) in [7, 11) is 0. The number of benzene rings is 7. The monoisotopic (exact) mass is 860 g/mol. The van der Waals surface area contributed by atoms with Gasteiger partial charge in [-0.1, -0.05) is 180 Å². The Kier molecular flexibility index (Phi) is 8.22. The predicted molar refractivity (Wildman–Crippen MR) is 247 cm³/mol. The molecule has 0 aliphatic heterocycles. The SMILES string of the molecule is IC1(c2ccc3c(c2)c2ccccc2n3-c2ccccc2-c2cccc3c2sc2ccccc23)C=CC(c2nc(-c3ccccc3)nc(-c3ccccc3)n2)=CC1. The quantitative estimate of drug-likeness (QED) is 0.124. The third kappa shape index (κ3) is 5.82. The standard InChI is InChI=1S/C51H33IN4S/c52-51(30-28-35(29-31-51)50-54-48(33-14-3-1-4-15-33)53-49(55-50)34-16-5-2-6-17-34)36-26-27-45-42(32-36)38-19-8-11-24-44(38)56(45)43-23-10-7-18-37(43)40-21-13-22-41-39-20-9-12-25-46(39)57-47(40)41/h1-30,32H,31H2. The van der Waals surface area contributed by atoms with E-state index in [2.05, 4.69) is 155 Å². The van der Waals surface area contributed by atoms with Gasteiger partial charge in [0.1, 0.15) is 0 Å². The maximum absolute atomic E-state index is 4.99. The average molecular weight is 861 g/mol. The summed E-state index contributed by atoms with van der Waals surface area (Å²) in [5, 5.41) is 5.11. The summed E-state index contributed by atoms with van der Waals surface area (Å²) in [5.41, 5.74) is 10.3. The van der Waals surface area contributed by atoms with Crippen molar-refractivity contribution in [2.75, 3.05) is 0 Å². The second kappa shape index (κ2) is 13.8. The molecule has 0 spiro atoms. The van der Waals surface area contributed by atoms with E-state index in [4.69, 9.17) is 15.0 Å². The number of nitrogens with zero attached hydrogens (tertiary/aromatic N) is 4. The van der Waals surface area contributed by atoms with Crippen LogP contribution < -0.4 is 0 Å². The van der Waals surface area contributed by atoms with E-state index in [0.717, 1.165) is 23.1 Å². The molecule has 6 heteroatoms. The largest absolute Gasteiger partial charge is 0.309 e. The van der Waals surface area contributed by atoms with Gasteiger partial charge in [0, 0.05) is 58.8 Å². The molecular formula is C51H33IN4S. The lowest BCUT2D eigenvalue weighted by Crippen LogP contribution is -2.16. The highest BCUT2D eigenvalue weighted by Gasteiger charge is 2.29. The van der Waals surface area contributed by atoms with Gasteiger partial charge in [0.25, 0.3) is 0 Å². The van der Waals surface area contributed by atoms with Gasteiger partial charge in [-0.2, -0.15) is 0 Å². The topological polar surface area (TPSA) is 43.6 Å². The summed E-state index contributed by atoms with van der Waals surface area (Å²) in [6, 6.07) is 60.5. The molecule has 11 rings (SSSR count). The van der Waals surface area contributed by atoms with Gasteiger partial charge in [-0.3, -0.25) is 0 Å². The summed E-state index contributed by atoms with van der Waals surface area (Å²) in [6.45, 7) is 0. The van der Waals surface area contributed by atoms with Crippen molar-refractivity contribution in [2.45, 2.75) is 9.84 Å². The minimum atomic E-state index is -0.245. The van der Waals surface area contributed by atoms with Crippen molar-refractivity contribution in [3.05, 3.63) is 199 Å². The number of rotatable bonds is 6. The van der Waals surface area contributed by atoms with E-state index in [-0.39, 0.29) is 3.42 Å². The number of halogens is 1. The highest BCUT2D eigenvalue weighted by Crippen LogP contribution is 2.46. The van der Waals surface area contributed by atoms with E-state index in [9.17, 15) is 0 Å². The third-order valence-corrected chi connectivity index (χ3v) is 13.7. The van der Waals surface area contributed by atoms with E-state index in [1.807, 2.05) is 72.0 Å². The molecule has 1 aliphatic carbocycles. The normalized spacial score (nSPS) is 15.5. The zero-order valence-corrected chi connectivity index (χ0v) is 33.7. The summed E-state index contributed by atoms with van der Waals surface area (Å²) < 4.78 is 4.85. The van der Waals surface area contributed by atoms with Gasteiger partial charge in [0.15, 0.2) is 17.5 Å². The van der Waals surface area contributed by atoms with Gasteiger partial charge in [0.05, 0.1) is 20.1 Å². The van der Waals surface area contributed by atoms with Crippen molar-refractivity contribution < 1.29 is 0 Å². The first-order valence-corrected chi connectivity index (χ1v) is 21.0. The number of hydrogen-bond donors (Lipinski definition) is 0. The van der Waals surface area contributed by atoms with Crippen LogP contribution in [0.5, 0.6) is 0 Å². The zero-order chi connectivity index (χ0) is 37.9. The van der Waals surface area contributed by atoms with Gasteiger partial charge in [-0.15, -0.1) is 11.3 Å². The molecule has 270 valence electrons. The van der Waals surface area contributed by atoms with Crippen LogP contribution in [-0.2, 0) is 3.42 Å². The molecule has 1 aliphatic rings. The van der Waals surface area contributed by atoms with Crippen molar-refractivity contribution in [2.24, 2.45) is 0 Å². The van der Waals surface area contributed by atoms with Gasteiger partial charge < -0.3 is 4.57 Å². The van der Waals surface area contributed by atoms with Crippen LogP contribution in [0.2, 0.25) is 0 Å². The van der Waals surface area contributed by atoms with E-state index in [1.165, 1.54) is 64.4 Å². The fraction of sp³-hybridized carbons (Fsp3) is 0.0392. The number of para-hydroxylation sites is 2. The van der Waals surface area contributed by atoms with Crippen LogP contribution >= 0.6 is 33.9 Å². The summed E-state index contributed by atoms with van der Waals surface area (Å²) in [6.07, 6.45) is 7.59. The molecular weight excluding hydrogens is 828 g/mol. The Hall–Kier alpha value is -6.22. The molecule has 0 bridgehead atoms. The molecule has 0 saturated carbocycles. The van der Waals surface area contributed by atoms with Crippen LogP contribution in [-0.4, -0.2) is 19.5 Å². The molecule has 1 atom stereocenters. The van der Waals surface area contributed by atoms with Gasteiger partial charge >= 0.3 is 0 Å². The van der Waals surface area contributed by atoms with Gasteiger partial charge in [-0.05, 0) is 42.3 Å². The average Bonchev–Trinajstić information content (AvgIpc) is 3.83. The molecule has 57 heavy (non-hydrogen) atoms. The van der Waals surface area contributed by atoms with E-state index >= 15 is 0 Å². The van der Waals surface area contributed by atoms with Gasteiger partial charge in [0.2, 0.25) is 0 Å². The molecule has 4 nitrogen and oxygen atoms in total. The lowest BCUT2D eigenvalue weighted by molar-refractivity contribution is 0.820. The molecule has 0 fully saturated rings. The van der Waals surface area contributed by atoms with Crippen molar-refractivity contribution in [1.29, 1.82) is 0 Å².